The average molecular weight is 482 g/mol. The highest BCUT2D eigenvalue weighted by Gasteiger charge is 2.45. The largest absolute Gasteiger partial charge is 0.548 e. The lowest BCUT2D eigenvalue weighted by Gasteiger charge is -2.25. The molecule has 0 unspecified atom stereocenters. The number of methoxy groups -OCH3 is 2. The summed E-state index contributed by atoms with van der Waals surface area (Å²) in [7, 11) is 3.10. The molecule has 2 aliphatic heterocycles. The highest BCUT2D eigenvalue weighted by Crippen LogP contribution is 2.37. The maximum atomic E-state index is 13.5. The molecule has 2 heterocycles. The number of nitrogens with zero attached hydrogens (tertiary/aromatic N) is 1. The number of amides is 3. The van der Waals surface area contributed by atoms with Gasteiger partial charge in [0.25, 0.3) is 5.91 Å². The van der Waals surface area contributed by atoms with Crippen molar-refractivity contribution in [3.8, 4) is 22.6 Å². The first-order chi connectivity index (χ1) is 16.8. The summed E-state index contributed by atoms with van der Waals surface area (Å²) >= 11 is 0. The molecule has 0 bridgehead atoms. The molecule has 2 aromatic carbocycles. The van der Waals surface area contributed by atoms with Gasteiger partial charge in [0.05, 0.1) is 44.1 Å². The van der Waals surface area contributed by atoms with Gasteiger partial charge in [0.2, 0.25) is 11.8 Å². The summed E-state index contributed by atoms with van der Waals surface area (Å²) in [5.41, 5.74) is 2.16. The molecule has 1 saturated heterocycles. The number of hydrogen-bond donors (Lipinski definition) is 2. The van der Waals surface area contributed by atoms with E-state index < -0.39 is 43.1 Å². The lowest BCUT2D eigenvalue weighted by molar-refractivity contribution is -0.309. The van der Waals surface area contributed by atoms with Crippen LogP contribution in [0, 0.1) is 0 Å². The molecule has 35 heavy (non-hydrogen) atoms. The Morgan fingerprint density at radius 3 is 2.60 bits per heavy atom. The number of hydrogen-bond acceptors (Lipinski definition) is 8. The summed E-state index contributed by atoms with van der Waals surface area (Å²) in [6, 6.07) is 8.93. The lowest BCUT2D eigenvalue weighted by atomic mass is 10.00. The zero-order valence-corrected chi connectivity index (χ0v) is 19.2. The van der Waals surface area contributed by atoms with Gasteiger partial charge in [-0.25, -0.2) is 0 Å². The Bertz CT molecular complexity index is 1180. The van der Waals surface area contributed by atoms with E-state index in [0.29, 0.717) is 29.2 Å². The van der Waals surface area contributed by atoms with E-state index >= 15 is 0 Å². The van der Waals surface area contributed by atoms with Crippen LogP contribution in [0.2, 0.25) is 0 Å². The second-order valence-electron chi connectivity index (χ2n) is 8.09. The lowest BCUT2D eigenvalue weighted by Crippen LogP contribution is -2.52. The van der Waals surface area contributed by atoms with Crippen LogP contribution in [0.5, 0.6) is 11.5 Å². The highest BCUT2D eigenvalue weighted by molar-refractivity contribution is 6.11. The quantitative estimate of drug-likeness (QED) is 0.526. The summed E-state index contributed by atoms with van der Waals surface area (Å²) in [6.45, 7) is -0.958. The van der Waals surface area contributed by atoms with E-state index in [-0.39, 0.29) is 12.5 Å². The van der Waals surface area contributed by atoms with Crippen molar-refractivity contribution in [1.29, 1.82) is 0 Å². The van der Waals surface area contributed by atoms with Crippen molar-refractivity contribution in [3.63, 3.8) is 0 Å². The Labute approximate surface area is 200 Å². The molecule has 2 atom stereocenters. The minimum Gasteiger partial charge on any atom is -0.548 e. The van der Waals surface area contributed by atoms with Crippen LogP contribution in [0.3, 0.4) is 0 Å². The third kappa shape index (κ3) is 4.90. The molecule has 2 aromatic rings. The predicted octanol–water partition coefficient (Wildman–Crippen LogP) is -0.211. The van der Waals surface area contributed by atoms with Crippen molar-refractivity contribution < 1.29 is 38.5 Å². The molecule has 11 heteroatoms. The fourth-order valence-corrected chi connectivity index (χ4v) is 4.37. The first-order valence-electron chi connectivity index (χ1n) is 10.9. The molecule has 0 radical (unpaired) electrons. The van der Waals surface area contributed by atoms with Crippen LogP contribution in [-0.2, 0) is 19.1 Å². The zero-order chi connectivity index (χ0) is 25.1. The van der Waals surface area contributed by atoms with Gasteiger partial charge in [-0.05, 0) is 36.2 Å². The van der Waals surface area contributed by atoms with Crippen molar-refractivity contribution >= 4 is 29.4 Å². The number of nitrogens with one attached hydrogen (secondary N) is 2. The summed E-state index contributed by atoms with van der Waals surface area (Å²) < 4.78 is 15.5. The van der Waals surface area contributed by atoms with Gasteiger partial charge >= 0.3 is 0 Å². The number of carboxylic acids is 1. The first-order valence-corrected chi connectivity index (χ1v) is 10.9. The number of aliphatic carboxylic acids is 1. The van der Waals surface area contributed by atoms with Crippen molar-refractivity contribution in [3.05, 3.63) is 42.0 Å². The molecule has 11 nitrogen and oxygen atoms in total. The van der Waals surface area contributed by atoms with Crippen LogP contribution in [-0.4, -0.2) is 74.7 Å². The molecule has 4 rings (SSSR count). The molecule has 3 amide bonds. The number of carboxylic acid groups (broad SMARTS) is 1. The van der Waals surface area contributed by atoms with Crippen molar-refractivity contribution in [2.24, 2.45) is 0 Å². The van der Waals surface area contributed by atoms with E-state index in [4.69, 9.17) is 14.2 Å². The Kier molecular flexibility index (Phi) is 6.87. The van der Waals surface area contributed by atoms with Crippen molar-refractivity contribution in [1.82, 2.24) is 10.2 Å². The minimum absolute atomic E-state index is 0.261. The molecule has 0 aliphatic carbocycles. The van der Waals surface area contributed by atoms with Crippen LogP contribution < -0.4 is 25.2 Å². The van der Waals surface area contributed by atoms with Gasteiger partial charge in [0.15, 0.2) is 0 Å². The third-order valence-electron chi connectivity index (χ3n) is 5.95. The molecule has 2 N–H and O–H groups in total. The average Bonchev–Trinajstić information content (AvgIpc) is 3.22. The zero-order valence-electron chi connectivity index (χ0n) is 19.2. The van der Waals surface area contributed by atoms with Crippen LogP contribution in [0.15, 0.2) is 36.4 Å². The van der Waals surface area contributed by atoms with E-state index in [9.17, 15) is 24.3 Å². The van der Waals surface area contributed by atoms with E-state index in [0.717, 1.165) is 11.1 Å². The predicted molar refractivity (Wildman–Crippen MR) is 121 cm³/mol. The van der Waals surface area contributed by atoms with E-state index in [1.807, 2.05) is 6.07 Å². The fraction of sp³-hybridized carbons (Fsp3) is 0.333. The minimum atomic E-state index is -1.44. The third-order valence-corrected chi connectivity index (χ3v) is 5.95. The summed E-state index contributed by atoms with van der Waals surface area (Å²) in [6.07, 6.45) is 0.359. The Morgan fingerprint density at radius 2 is 1.89 bits per heavy atom. The molecule has 0 saturated carbocycles. The second-order valence-corrected chi connectivity index (χ2v) is 8.09. The van der Waals surface area contributed by atoms with Gasteiger partial charge in [-0.3, -0.25) is 14.4 Å². The van der Waals surface area contributed by atoms with Gasteiger partial charge in [0, 0.05) is 18.2 Å². The normalized spacial score (nSPS) is 18.7. The van der Waals surface area contributed by atoms with Crippen LogP contribution in [0.4, 0.5) is 5.69 Å². The molecule has 0 aromatic heterocycles. The fourth-order valence-electron chi connectivity index (χ4n) is 4.37. The first kappa shape index (κ1) is 24.0. The Morgan fingerprint density at radius 1 is 1.09 bits per heavy atom. The number of carbonyl (C=O) groups is 4. The summed E-state index contributed by atoms with van der Waals surface area (Å²) in [5.74, 6) is -1.61. The van der Waals surface area contributed by atoms with Crippen molar-refractivity contribution in [2.75, 3.05) is 39.3 Å². The number of fused-ring (bicyclic) bond motifs is 2. The van der Waals surface area contributed by atoms with Gasteiger partial charge in [0.1, 0.15) is 24.1 Å². The monoisotopic (exact) mass is 482 g/mol. The number of ether oxygens (including phenoxy) is 3. The molecule has 1 fully saturated rings. The van der Waals surface area contributed by atoms with Gasteiger partial charge < -0.3 is 39.6 Å². The van der Waals surface area contributed by atoms with Crippen LogP contribution >= 0.6 is 0 Å². The van der Waals surface area contributed by atoms with E-state index in [2.05, 4.69) is 10.6 Å². The van der Waals surface area contributed by atoms with Gasteiger partial charge in [-0.15, -0.1) is 0 Å². The molecule has 0 spiro atoms. The van der Waals surface area contributed by atoms with Gasteiger partial charge in [-0.2, -0.15) is 0 Å². The molecular weight excluding hydrogens is 458 g/mol. The highest BCUT2D eigenvalue weighted by atomic mass is 16.5. The Hall–Kier alpha value is -4.12. The SMILES string of the molecule is COc1ccc(-c2ccc3c(c2)C(=O)N2CC[C@H](NC(=O)COCC(=O)[O-])[C@H]2C(=O)N3)c(OC)c1. The van der Waals surface area contributed by atoms with Crippen LogP contribution in [0.1, 0.15) is 16.8 Å². The number of rotatable bonds is 8. The Balaban J connectivity index is 1.57. The molecule has 184 valence electrons. The number of carbonyl (C=O) groups excluding carboxylic acids is 4. The molecule has 2 aliphatic rings. The van der Waals surface area contributed by atoms with Crippen molar-refractivity contribution in [2.45, 2.75) is 18.5 Å². The molecular formula is C24H24N3O8-. The van der Waals surface area contributed by atoms with E-state index in [1.54, 1.807) is 44.6 Å². The second kappa shape index (κ2) is 10.0. The maximum absolute atomic E-state index is 13.5. The summed E-state index contributed by atoms with van der Waals surface area (Å²) in [4.78, 5) is 50.5. The standard InChI is InChI=1S/C24H25N3O8/c1-33-14-4-5-15(19(10-14)34-2)13-3-6-17-16(9-13)24(32)27-8-7-18(22(27)23(31)26-17)25-20(28)11-35-12-21(29)30/h3-6,9-10,18,22H,7-8,11-12H2,1-2H3,(H,25,28)(H,26,31)(H,29,30)/p-1/t18-,22-/m0/s1. The topological polar surface area (TPSA) is 146 Å². The number of anilines is 1. The summed E-state index contributed by atoms with van der Waals surface area (Å²) in [5, 5.41) is 15.9. The maximum Gasteiger partial charge on any atom is 0.256 e. The van der Waals surface area contributed by atoms with Crippen LogP contribution in [0.25, 0.3) is 11.1 Å². The van der Waals surface area contributed by atoms with E-state index in [1.165, 1.54) is 4.90 Å². The number of benzene rings is 2. The van der Waals surface area contributed by atoms with Gasteiger partial charge in [-0.1, -0.05) is 6.07 Å². The smallest absolute Gasteiger partial charge is 0.256 e.